The van der Waals surface area contributed by atoms with Crippen molar-refractivity contribution >= 4 is 0 Å². The van der Waals surface area contributed by atoms with Gasteiger partial charge in [-0.3, -0.25) is 0 Å². The van der Waals surface area contributed by atoms with Crippen LogP contribution in [0.5, 0.6) is 0 Å². The van der Waals surface area contributed by atoms with Gasteiger partial charge in [0.1, 0.15) is 0 Å². The number of hydrogen-bond donors (Lipinski definition) is 0. The van der Waals surface area contributed by atoms with Crippen LogP contribution in [0.3, 0.4) is 0 Å². The number of aromatic nitrogens is 5. The largest absolute Gasteiger partial charge is 0.248 e. The zero-order chi connectivity index (χ0) is 36.1. The summed E-state index contributed by atoms with van der Waals surface area (Å²) in [6.45, 7) is 0. The topological polar surface area (TPSA) is 64.5 Å². The van der Waals surface area contributed by atoms with Crippen LogP contribution in [-0.4, -0.2) is 24.9 Å². The summed E-state index contributed by atoms with van der Waals surface area (Å²) in [5.41, 5.74) is 13.2. The first kappa shape index (κ1) is 32.5. The van der Waals surface area contributed by atoms with Gasteiger partial charge in [0.15, 0.2) is 11.6 Å². The van der Waals surface area contributed by atoms with Crippen LogP contribution in [0.4, 0.5) is 0 Å². The van der Waals surface area contributed by atoms with Gasteiger partial charge < -0.3 is 0 Å². The molecule has 0 unspecified atom stereocenters. The molecular formula is C49H33N5. The van der Waals surface area contributed by atoms with Crippen LogP contribution in [-0.2, 0) is 0 Å². The number of benzene rings is 6. The zero-order valence-corrected chi connectivity index (χ0v) is 29.3. The van der Waals surface area contributed by atoms with Gasteiger partial charge in [0.05, 0.1) is 28.5 Å². The van der Waals surface area contributed by atoms with E-state index < -0.39 is 0 Å². The first-order valence-electron chi connectivity index (χ1n) is 17.9. The third-order valence-corrected chi connectivity index (χ3v) is 9.34. The van der Waals surface area contributed by atoms with Crippen LogP contribution in [0, 0.1) is 0 Å². The molecule has 54 heavy (non-hydrogen) atoms. The zero-order valence-electron chi connectivity index (χ0n) is 29.3. The highest BCUT2D eigenvalue weighted by Gasteiger charge is 2.16. The Bertz CT molecular complexity index is 2420. The number of nitrogens with zero attached hydrogens (tertiary/aromatic N) is 5. The molecule has 0 aliphatic carbocycles. The molecule has 0 N–H and O–H groups in total. The van der Waals surface area contributed by atoms with Gasteiger partial charge >= 0.3 is 0 Å². The monoisotopic (exact) mass is 691 g/mol. The van der Waals surface area contributed by atoms with Crippen molar-refractivity contribution in [1.82, 2.24) is 24.9 Å². The summed E-state index contributed by atoms with van der Waals surface area (Å²) in [5, 5.41) is 0. The van der Waals surface area contributed by atoms with E-state index in [1.54, 1.807) is 0 Å². The molecule has 0 saturated carbocycles. The summed E-state index contributed by atoms with van der Waals surface area (Å²) in [4.78, 5) is 25.1. The average molecular weight is 692 g/mol. The van der Waals surface area contributed by atoms with E-state index in [9.17, 15) is 0 Å². The Morgan fingerprint density at radius 3 is 1.07 bits per heavy atom. The predicted octanol–water partition coefficient (Wildman–Crippen LogP) is 12.0. The van der Waals surface area contributed by atoms with Crippen molar-refractivity contribution in [3.8, 4) is 90.2 Å². The maximum Gasteiger partial charge on any atom is 0.160 e. The van der Waals surface area contributed by atoms with Crippen molar-refractivity contribution < 1.29 is 0 Å². The molecule has 9 aromatic rings. The Balaban J connectivity index is 1.28. The molecule has 3 aromatic heterocycles. The van der Waals surface area contributed by atoms with E-state index in [4.69, 9.17) is 19.9 Å². The van der Waals surface area contributed by atoms with E-state index in [1.165, 1.54) is 0 Å². The van der Waals surface area contributed by atoms with Crippen molar-refractivity contribution in [2.75, 3.05) is 0 Å². The maximum atomic E-state index is 5.21. The molecule has 0 spiro atoms. The fourth-order valence-electron chi connectivity index (χ4n) is 6.61. The molecule has 0 radical (unpaired) electrons. The Hall–Kier alpha value is -7.37. The fourth-order valence-corrected chi connectivity index (χ4v) is 6.61. The molecule has 0 atom stereocenters. The van der Waals surface area contributed by atoms with Crippen LogP contribution >= 0.6 is 0 Å². The third kappa shape index (κ3) is 6.94. The minimum atomic E-state index is 0.661. The molecule has 0 aliphatic rings. The standard InChI is InChI=1S/C49H33N5/c1-6-16-34(17-7-1)44-31-40(32-45(51-44)35-18-8-2-9-19-35)39-28-41(43-26-27-50-48(52-43)37-22-12-4-13-23-37)30-42(29-39)47-33-46(36-20-10-3-11-21-36)53-49(54-47)38-24-14-5-15-25-38/h1-33H. The Labute approximate surface area is 314 Å². The van der Waals surface area contributed by atoms with Gasteiger partial charge in [-0.15, -0.1) is 0 Å². The second kappa shape index (κ2) is 14.7. The van der Waals surface area contributed by atoms with Crippen LogP contribution in [0.25, 0.3) is 90.2 Å². The van der Waals surface area contributed by atoms with Gasteiger partial charge in [-0.1, -0.05) is 152 Å². The van der Waals surface area contributed by atoms with Gasteiger partial charge in [-0.25, -0.2) is 24.9 Å². The molecule has 254 valence electrons. The first-order chi connectivity index (χ1) is 26.7. The number of hydrogen-bond acceptors (Lipinski definition) is 5. The van der Waals surface area contributed by atoms with E-state index in [0.717, 1.165) is 78.5 Å². The molecule has 0 fully saturated rings. The summed E-state index contributed by atoms with van der Waals surface area (Å²) in [6, 6.07) is 66.1. The van der Waals surface area contributed by atoms with Gasteiger partial charge in [0, 0.05) is 45.1 Å². The van der Waals surface area contributed by atoms with Crippen LogP contribution in [0.15, 0.2) is 200 Å². The fraction of sp³-hybridized carbons (Fsp3) is 0. The molecule has 5 heteroatoms. The van der Waals surface area contributed by atoms with E-state index in [1.807, 2.05) is 115 Å². The van der Waals surface area contributed by atoms with Crippen LogP contribution in [0.2, 0.25) is 0 Å². The van der Waals surface area contributed by atoms with Crippen molar-refractivity contribution in [1.29, 1.82) is 0 Å². The molecule has 6 aromatic carbocycles. The van der Waals surface area contributed by atoms with Crippen molar-refractivity contribution in [3.05, 3.63) is 200 Å². The average Bonchev–Trinajstić information content (AvgIpc) is 3.27. The predicted molar refractivity (Wildman–Crippen MR) is 219 cm³/mol. The highest BCUT2D eigenvalue weighted by atomic mass is 14.9. The third-order valence-electron chi connectivity index (χ3n) is 9.34. The van der Waals surface area contributed by atoms with Crippen molar-refractivity contribution in [2.24, 2.45) is 0 Å². The van der Waals surface area contributed by atoms with Crippen molar-refractivity contribution in [2.45, 2.75) is 0 Å². The molecule has 0 amide bonds. The van der Waals surface area contributed by atoms with E-state index >= 15 is 0 Å². The van der Waals surface area contributed by atoms with Gasteiger partial charge in [0.25, 0.3) is 0 Å². The van der Waals surface area contributed by atoms with Gasteiger partial charge in [-0.05, 0) is 53.6 Å². The smallest absolute Gasteiger partial charge is 0.160 e. The van der Waals surface area contributed by atoms with E-state index in [2.05, 4.69) is 89.9 Å². The lowest BCUT2D eigenvalue weighted by Gasteiger charge is -2.15. The van der Waals surface area contributed by atoms with Gasteiger partial charge in [-0.2, -0.15) is 0 Å². The second-order valence-corrected chi connectivity index (χ2v) is 13.0. The van der Waals surface area contributed by atoms with E-state index in [0.29, 0.717) is 11.6 Å². The minimum absolute atomic E-state index is 0.661. The lowest BCUT2D eigenvalue weighted by atomic mass is 9.94. The quantitative estimate of drug-likeness (QED) is 0.159. The molecule has 3 heterocycles. The van der Waals surface area contributed by atoms with Crippen LogP contribution < -0.4 is 0 Å². The Morgan fingerprint density at radius 1 is 0.222 bits per heavy atom. The van der Waals surface area contributed by atoms with Crippen molar-refractivity contribution in [3.63, 3.8) is 0 Å². The van der Waals surface area contributed by atoms with Crippen LogP contribution in [0.1, 0.15) is 0 Å². The number of pyridine rings is 1. The molecule has 0 saturated heterocycles. The first-order valence-corrected chi connectivity index (χ1v) is 17.9. The molecular weight excluding hydrogens is 659 g/mol. The molecule has 5 nitrogen and oxygen atoms in total. The Morgan fingerprint density at radius 2 is 0.574 bits per heavy atom. The summed E-state index contributed by atoms with van der Waals surface area (Å²) in [5.74, 6) is 1.33. The van der Waals surface area contributed by atoms with Gasteiger partial charge in [0.2, 0.25) is 0 Å². The lowest BCUT2D eigenvalue weighted by Crippen LogP contribution is -1.97. The number of rotatable bonds is 8. The summed E-state index contributed by atoms with van der Waals surface area (Å²) >= 11 is 0. The highest BCUT2D eigenvalue weighted by Crippen LogP contribution is 2.37. The Kier molecular flexibility index (Phi) is 8.86. The summed E-state index contributed by atoms with van der Waals surface area (Å²) < 4.78 is 0. The summed E-state index contributed by atoms with van der Waals surface area (Å²) in [7, 11) is 0. The normalized spacial score (nSPS) is 11.0. The minimum Gasteiger partial charge on any atom is -0.248 e. The van der Waals surface area contributed by atoms with E-state index in [-0.39, 0.29) is 0 Å². The SMILES string of the molecule is c1ccc(-c2cc(-c3cc(-c4ccnc(-c5ccccc5)n4)cc(-c4cc(-c5ccccc5)nc(-c5ccccc5)n4)c3)cc(-c3ccccc3)n2)cc1. The highest BCUT2D eigenvalue weighted by molar-refractivity contribution is 5.84. The lowest BCUT2D eigenvalue weighted by molar-refractivity contribution is 1.17. The maximum absolute atomic E-state index is 5.21. The second-order valence-electron chi connectivity index (χ2n) is 13.0. The molecule has 0 aliphatic heterocycles. The molecule has 0 bridgehead atoms. The molecule has 9 rings (SSSR count). The summed E-state index contributed by atoms with van der Waals surface area (Å²) in [6.07, 6.45) is 1.83.